The molecule has 3 aromatic carbocycles. The van der Waals surface area contributed by atoms with Gasteiger partial charge in [-0.2, -0.15) is 0 Å². The molecule has 3 aromatic rings. The Morgan fingerprint density at radius 3 is 2.42 bits per heavy atom. The third-order valence-corrected chi connectivity index (χ3v) is 7.04. The molecular weight excluding hydrogens is 476 g/mol. The van der Waals surface area contributed by atoms with Crippen molar-refractivity contribution in [3.8, 4) is 0 Å². The monoisotopic (exact) mass is 510 g/mol. The SMILES string of the molecule is C[C@@H](NC[C@@H]1CN(C(=O)OCC(C)(C)C(=O)O)C[C@@H]1c1ccccc1)c1cccc2ccccc12.Cl. The van der Waals surface area contributed by atoms with Crippen molar-refractivity contribution >= 4 is 35.2 Å². The number of fused-ring (bicyclic) bond motifs is 1. The number of amides is 1. The van der Waals surface area contributed by atoms with Gasteiger partial charge in [-0.25, -0.2) is 4.79 Å². The maximum absolute atomic E-state index is 12.8. The fourth-order valence-corrected chi connectivity index (χ4v) is 4.77. The molecule has 1 aliphatic heterocycles. The Morgan fingerprint density at radius 2 is 1.69 bits per heavy atom. The molecule has 3 atom stereocenters. The van der Waals surface area contributed by atoms with E-state index < -0.39 is 17.5 Å². The molecule has 0 bridgehead atoms. The second kappa shape index (κ2) is 11.8. The number of carbonyl (C=O) groups is 2. The number of rotatable bonds is 8. The second-order valence-corrected chi connectivity index (χ2v) is 10.1. The highest BCUT2D eigenvalue weighted by Crippen LogP contribution is 2.34. The maximum atomic E-state index is 12.8. The molecule has 0 unspecified atom stereocenters. The quantitative estimate of drug-likeness (QED) is 0.396. The number of aliphatic carboxylic acids is 1. The third-order valence-electron chi connectivity index (χ3n) is 7.04. The van der Waals surface area contributed by atoms with E-state index in [2.05, 4.69) is 66.8 Å². The van der Waals surface area contributed by atoms with Gasteiger partial charge in [0.05, 0.1) is 5.41 Å². The van der Waals surface area contributed by atoms with E-state index in [1.807, 2.05) is 18.2 Å². The first-order valence-electron chi connectivity index (χ1n) is 12.2. The van der Waals surface area contributed by atoms with Crippen LogP contribution in [-0.2, 0) is 9.53 Å². The molecule has 6 nitrogen and oxygen atoms in total. The number of halogens is 1. The Hall–Kier alpha value is -3.09. The topological polar surface area (TPSA) is 78.9 Å². The zero-order chi connectivity index (χ0) is 25.0. The lowest BCUT2D eigenvalue weighted by atomic mass is 9.88. The number of hydrogen-bond acceptors (Lipinski definition) is 4. The number of nitrogens with one attached hydrogen (secondary N) is 1. The highest BCUT2D eigenvalue weighted by Gasteiger charge is 2.38. The van der Waals surface area contributed by atoms with E-state index in [4.69, 9.17) is 4.74 Å². The lowest BCUT2D eigenvalue weighted by Crippen LogP contribution is -2.36. The van der Waals surface area contributed by atoms with Gasteiger partial charge in [0, 0.05) is 31.6 Å². The summed E-state index contributed by atoms with van der Waals surface area (Å²) in [5.41, 5.74) is 1.33. The molecule has 7 heteroatoms. The van der Waals surface area contributed by atoms with Crippen LogP contribution in [0.2, 0.25) is 0 Å². The summed E-state index contributed by atoms with van der Waals surface area (Å²) in [6, 6.07) is 25.2. The van der Waals surface area contributed by atoms with Crippen molar-refractivity contribution in [3.63, 3.8) is 0 Å². The molecule has 192 valence electrons. The van der Waals surface area contributed by atoms with Crippen LogP contribution in [0.1, 0.15) is 43.9 Å². The van der Waals surface area contributed by atoms with Crippen LogP contribution in [0, 0.1) is 11.3 Å². The highest BCUT2D eigenvalue weighted by molar-refractivity contribution is 5.86. The number of ether oxygens (including phenoxy) is 1. The largest absolute Gasteiger partial charge is 0.481 e. The van der Waals surface area contributed by atoms with E-state index in [0.717, 1.165) is 6.54 Å². The highest BCUT2D eigenvalue weighted by atomic mass is 35.5. The Kier molecular flexibility index (Phi) is 8.98. The molecule has 1 heterocycles. The van der Waals surface area contributed by atoms with Crippen molar-refractivity contribution < 1.29 is 19.4 Å². The number of hydrogen-bond donors (Lipinski definition) is 2. The van der Waals surface area contributed by atoms with Crippen molar-refractivity contribution in [2.45, 2.75) is 32.7 Å². The maximum Gasteiger partial charge on any atom is 0.409 e. The fraction of sp³-hybridized carbons (Fsp3) is 0.379. The molecule has 1 amide bonds. The summed E-state index contributed by atoms with van der Waals surface area (Å²) in [6.07, 6.45) is -0.454. The molecule has 0 aliphatic carbocycles. The zero-order valence-corrected chi connectivity index (χ0v) is 21.8. The molecule has 4 rings (SSSR count). The summed E-state index contributed by atoms with van der Waals surface area (Å²) in [5, 5.41) is 15.5. The average Bonchev–Trinajstić information content (AvgIpc) is 3.30. The predicted octanol–water partition coefficient (Wildman–Crippen LogP) is 5.88. The summed E-state index contributed by atoms with van der Waals surface area (Å²) < 4.78 is 5.41. The first-order chi connectivity index (χ1) is 16.8. The van der Waals surface area contributed by atoms with Gasteiger partial charge in [-0.15, -0.1) is 12.4 Å². The predicted molar refractivity (Wildman–Crippen MR) is 145 cm³/mol. The van der Waals surface area contributed by atoms with E-state index in [1.54, 1.807) is 18.7 Å². The van der Waals surface area contributed by atoms with Crippen molar-refractivity contribution in [2.24, 2.45) is 11.3 Å². The van der Waals surface area contributed by atoms with Crippen molar-refractivity contribution in [3.05, 3.63) is 83.9 Å². The van der Waals surface area contributed by atoms with Crippen molar-refractivity contribution in [1.82, 2.24) is 10.2 Å². The molecule has 2 N–H and O–H groups in total. The van der Waals surface area contributed by atoms with Crippen molar-refractivity contribution in [2.75, 3.05) is 26.2 Å². The first-order valence-corrected chi connectivity index (χ1v) is 12.2. The number of nitrogens with zero attached hydrogens (tertiary/aromatic N) is 1. The van der Waals surface area contributed by atoms with Gasteiger partial charge < -0.3 is 20.1 Å². The van der Waals surface area contributed by atoms with Crippen LogP contribution in [0.3, 0.4) is 0 Å². The number of likely N-dealkylation sites (tertiary alicyclic amines) is 1. The molecule has 0 radical (unpaired) electrons. The molecule has 1 saturated heterocycles. The molecule has 0 saturated carbocycles. The number of carboxylic acid groups (broad SMARTS) is 1. The van der Waals surface area contributed by atoms with Crippen LogP contribution in [0.5, 0.6) is 0 Å². The minimum atomic E-state index is -1.12. The van der Waals surface area contributed by atoms with Gasteiger partial charge in [-0.3, -0.25) is 4.79 Å². The van der Waals surface area contributed by atoms with Crippen LogP contribution >= 0.6 is 12.4 Å². The zero-order valence-electron chi connectivity index (χ0n) is 21.0. The summed E-state index contributed by atoms with van der Waals surface area (Å²) in [4.78, 5) is 25.9. The lowest BCUT2D eigenvalue weighted by molar-refractivity contribution is -0.149. The molecule has 0 spiro atoms. The third kappa shape index (κ3) is 6.18. The van der Waals surface area contributed by atoms with Crippen LogP contribution < -0.4 is 5.32 Å². The molecule has 0 aromatic heterocycles. The van der Waals surface area contributed by atoms with Gasteiger partial charge in [-0.1, -0.05) is 72.8 Å². The van der Waals surface area contributed by atoms with E-state index in [9.17, 15) is 14.7 Å². The van der Waals surface area contributed by atoms with Gasteiger partial charge in [0.2, 0.25) is 0 Å². The summed E-state index contributed by atoms with van der Waals surface area (Å²) in [6.45, 7) is 6.98. The van der Waals surface area contributed by atoms with E-state index in [0.29, 0.717) is 13.1 Å². The van der Waals surface area contributed by atoms with Gasteiger partial charge in [0.1, 0.15) is 6.61 Å². The summed E-state index contributed by atoms with van der Waals surface area (Å²) >= 11 is 0. The Bertz CT molecular complexity index is 1180. The first kappa shape index (κ1) is 27.5. The van der Waals surface area contributed by atoms with Gasteiger partial charge in [0.25, 0.3) is 0 Å². The van der Waals surface area contributed by atoms with E-state index in [1.165, 1.54) is 21.9 Å². The van der Waals surface area contributed by atoms with Crippen LogP contribution in [0.15, 0.2) is 72.8 Å². The smallest absolute Gasteiger partial charge is 0.409 e. The van der Waals surface area contributed by atoms with Crippen LogP contribution in [-0.4, -0.2) is 48.3 Å². The molecule has 1 fully saturated rings. The normalized spacial score (nSPS) is 18.5. The fourth-order valence-electron chi connectivity index (χ4n) is 4.77. The average molecular weight is 511 g/mol. The minimum Gasteiger partial charge on any atom is -0.481 e. The molecule has 1 aliphatic rings. The van der Waals surface area contributed by atoms with Gasteiger partial charge in [0.15, 0.2) is 0 Å². The van der Waals surface area contributed by atoms with Gasteiger partial charge in [-0.05, 0) is 48.6 Å². The number of carbonyl (C=O) groups excluding carboxylic acids is 1. The van der Waals surface area contributed by atoms with Crippen molar-refractivity contribution in [1.29, 1.82) is 0 Å². The number of carboxylic acids is 1. The van der Waals surface area contributed by atoms with Gasteiger partial charge >= 0.3 is 12.1 Å². The molecule has 36 heavy (non-hydrogen) atoms. The Balaban J connectivity index is 0.00000361. The lowest BCUT2D eigenvalue weighted by Gasteiger charge is -2.23. The van der Waals surface area contributed by atoms with Crippen LogP contribution in [0.25, 0.3) is 10.8 Å². The summed E-state index contributed by atoms with van der Waals surface area (Å²) in [7, 11) is 0. The van der Waals surface area contributed by atoms with E-state index in [-0.39, 0.29) is 36.9 Å². The Labute approximate surface area is 219 Å². The standard InChI is InChI=1S/C29H34N2O4.ClH/c1-20(24-15-9-13-21-12-7-8-14-25(21)24)30-16-23-17-31(18-26(23)22-10-5-4-6-11-22)28(34)35-19-29(2,3)27(32)33;/h4-15,20,23,26,30H,16-19H2,1-3H3,(H,32,33);1H/t20-,23-,26-;/m1./s1. The Morgan fingerprint density at radius 1 is 1.03 bits per heavy atom. The second-order valence-electron chi connectivity index (χ2n) is 10.1. The summed E-state index contributed by atoms with van der Waals surface area (Å²) in [5.74, 6) is -0.614. The molecular formula is C29H35ClN2O4. The minimum absolute atomic E-state index is 0. The number of benzene rings is 3. The van der Waals surface area contributed by atoms with E-state index >= 15 is 0 Å². The van der Waals surface area contributed by atoms with Crippen LogP contribution in [0.4, 0.5) is 4.79 Å².